The molecule has 2 N–H and O–H groups in total. The second-order valence-corrected chi connectivity index (χ2v) is 5.17. The third-order valence-electron chi connectivity index (χ3n) is 3.84. The van der Waals surface area contributed by atoms with E-state index >= 15 is 0 Å². The molecule has 1 aliphatic heterocycles. The SMILES string of the molecule is Nc1ccc2c(c1)OCC(=O)N2CC1CCCC1. The van der Waals surface area contributed by atoms with Gasteiger partial charge in [0.1, 0.15) is 5.75 Å². The van der Waals surface area contributed by atoms with Gasteiger partial charge in [0.2, 0.25) is 0 Å². The van der Waals surface area contributed by atoms with Crippen LogP contribution in [-0.2, 0) is 4.79 Å². The van der Waals surface area contributed by atoms with Gasteiger partial charge in [0.25, 0.3) is 5.91 Å². The highest BCUT2D eigenvalue weighted by atomic mass is 16.5. The lowest BCUT2D eigenvalue weighted by Crippen LogP contribution is -2.41. The van der Waals surface area contributed by atoms with E-state index in [9.17, 15) is 4.79 Å². The highest BCUT2D eigenvalue weighted by Crippen LogP contribution is 2.36. The Kier molecular flexibility index (Phi) is 2.86. The summed E-state index contributed by atoms with van der Waals surface area (Å²) >= 11 is 0. The molecule has 0 unspecified atom stereocenters. The van der Waals surface area contributed by atoms with E-state index in [4.69, 9.17) is 10.5 Å². The average molecular weight is 246 g/mol. The number of nitrogens with zero attached hydrogens (tertiary/aromatic N) is 1. The minimum absolute atomic E-state index is 0.0548. The van der Waals surface area contributed by atoms with E-state index < -0.39 is 0 Å². The summed E-state index contributed by atoms with van der Waals surface area (Å²) in [7, 11) is 0. The van der Waals surface area contributed by atoms with Crippen molar-refractivity contribution in [3.05, 3.63) is 18.2 Å². The number of nitrogen functional groups attached to an aromatic ring is 1. The third kappa shape index (κ3) is 2.03. The molecule has 1 saturated carbocycles. The van der Waals surface area contributed by atoms with Crippen LogP contribution in [0, 0.1) is 5.92 Å². The van der Waals surface area contributed by atoms with E-state index in [1.54, 1.807) is 6.07 Å². The normalized spacial score (nSPS) is 19.8. The Morgan fingerprint density at radius 1 is 1.33 bits per heavy atom. The molecule has 0 aromatic heterocycles. The van der Waals surface area contributed by atoms with Crippen LogP contribution >= 0.6 is 0 Å². The number of nitrogens with two attached hydrogens (primary N) is 1. The number of carbonyl (C=O) groups is 1. The molecule has 1 aliphatic carbocycles. The lowest BCUT2D eigenvalue weighted by Gasteiger charge is -2.31. The van der Waals surface area contributed by atoms with Crippen molar-refractivity contribution in [2.24, 2.45) is 5.92 Å². The maximum Gasteiger partial charge on any atom is 0.265 e. The van der Waals surface area contributed by atoms with Crippen molar-refractivity contribution in [1.29, 1.82) is 0 Å². The van der Waals surface area contributed by atoms with E-state index in [0.717, 1.165) is 18.0 Å². The number of fused-ring (bicyclic) bond motifs is 1. The number of carbonyl (C=O) groups excluding carboxylic acids is 1. The Bertz CT molecular complexity index is 467. The van der Waals surface area contributed by atoms with Crippen LogP contribution in [0.4, 0.5) is 11.4 Å². The van der Waals surface area contributed by atoms with Crippen molar-refractivity contribution in [3.63, 3.8) is 0 Å². The third-order valence-corrected chi connectivity index (χ3v) is 3.84. The minimum Gasteiger partial charge on any atom is -0.481 e. The lowest BCUT2D eigenvalue weighted by molar-refractivity contribution is -0.121. The maximum absolute atomic E-state index is 12.0. The summed E-state index contributed by atoms with van der Waals surface area (Å²) in [5.74, 6) is 1.42. The molecule has 1 fully saturated rings. The van der Waals surface area contributed by atoms with Crippen LogP contribution in [0.3, 0.4) is 0 Å². The second kappa shape index (κ2) is 4.52. The molecule has 3 rings (SSSR count). The fraction of sp³-hybridized carbons (Fsp3) is 0.500. The molecule has 1 aromatic rings. The summed E-state index contributed by atoms with van der Waals surface area (Å²) in [6, 6.07) is 5.50. The average Bonchev–Trinajstić information content (AvgIpc) is 2.86. The molecule has 0 spiro atoms. The predicted octanol–water partition coefficient (Wildman–Crippen LogP) is 2.18. The predicted molar refractivity (Wildman–Crippen MR) is 70.7 cm³/mol. The van der Waals surface area contributed by atoms with E-state index in [1.807, 2.05) is 17.0 Å². The molecule has 1 heterocycles. The molecule has 4 nitrogen and oxygen atoms in total. The molecule has 4 heteroatoms. The van der Waals surface area contributed by atoms with Crippen LogP contribution in [0.25, 0.3) is 0 Å². The summed E-state index contributed by atoms with van der Waals surface area (Å²) in [5, 5.41) is 0. The molecule has 18 heavy (non-hydrogen) atoms. The fourth-order valence-corrected chi connectivity index (χ4v) is 2.87. The zero-order valence-corrected chi connectivity index (χ0v) is 10.4. The van der Waals surface area contributed by atoms with Crippen LogP contribution in [0.5, 0.6) is 5.75 Å². The number of rotatable bonds is 2. The van der Waals surface area contributed by atoms with E-state index in [0.29, 0.717) is 11.6 Å². The maximum atomic E-state index is 12.0. The first-order chi connectivity index (χ1) is 8.74. The zero-order chi connectivity index (χ0) is 12.5. The molecule has 1 aromatic carbocycles. The zero-order valence-electron chi connectivity index (χ0n) is 10.4. The Morgan fingerprint density at radius 2 is 2.11 bits per heavy atom. The van der Waals surface area contributed by atoms with Crippen LogP contribution in [0.15, 0.2) is 18.2 Å². The monoisotopic (exact) mass is 246 g/mol. The first-order valence-electron chi connectivity index (χ1n) is 6.57. The van der Waals surface area contributed by atoms with Gasteiger partial charge in [-0.1, -0.05) is 12.8 Å². The van der Waals surface area contributed by atoms with Gasteiger partial charge < -0.3 is 15.4 Å². The first-order valence-corrected chi connectivity index (χ1v) is 6.57. The molecule has 0 saturated heterocycles. The van der Waals surface area contributed by atoms with Gasteiger partial charge in [0.05, 0.1) is 5.69 Å². The van der Waals surface area contributed by atoms with Crippen molar-refractivity contribution >= 4 is 17.3 Å². The van der Waals surface area contributed by atoms with Crippen molar-refractivity contribution in [3.8, 4) is 5.75 Å². The molecular formula is C14H18N2O2. The molecule has 2 aliphatic rings. The Balaban J connectivity index is 1.86. The van der Waals surface area contributed by atoms with Crippen LogP contribution < -0.4 is 15.4 Å². The highest BCUT2D eigenvalue weighted by Gasteiger charge is 2.28. The Morgan fingerprint density at radius 3 is 2.89 bits per heavy atom. The van der Waals surface area contributed by atoms with Gasteiger partial charge in [-0.05, 0) is 30.9 Å². The van der Waals surface area contributed by atoms with Crippen molar-refractivity contribution in [1.82, 2.24) is 0 Å². The van der Waals surface area contributed by atoms with Crippen LogP contribution in [-0.4, -0.2) is 19.1 Å². The summed E-state index contributed by atoms with van der Waals surface area (Å²) in [5.41, 5.74) is 7.28. The largest absolute Gasteiger partial charge is 0.481 e. The standard InChI is InChI=1S/C14H18N2O2/c15-11-5-6-12-13(7-11)18-9-14(17)16(12)8-10-3-1-2-4-10/h5-7,10H,1-4,8-9,15H2. The first kappa shape index (κ1) is 11.4. The smallest absolute Gasteiger partial charge is 0.265 e. The van der Waals surface area contributed by atoms with Crippen molar-refractivity contribution in [2.75, 3.05) is 23.8 Å². The highest BCUT2D eigenvalue weighted by molar-refractivity contribution is 5.98. The second-order valence-electron chi connectivity index (χ2n) is 5.17. The van der Waals surface area contributed by atoms with Gasteiger partial charge >= 0.3 is 0 Å². The number of hydrogen-bond donors (Lipinski definition) is 1. The van der Waals surface area contributed by atoms with E-state index in [2.05, 4.69) is 0 Å². The Hall–Kier alpha value is -1.71. The van der Waals surface area contributed by atoms with Crippen LogP contribution in [0.2, 0.25) is 0 Å². The minimum atomic E-state index is 0.0548. The number of amides is 1. The summed E-state index contributed by atoms with van der Waals surface area (Å²) in [6.07, 6.45) is 5.04. The number of anilines is 2. The van der Waals surface area contributed by atoms with Crippen LogP contribution in [0.1, 0.15) is 25.7 Å². The summed E-state index contributed by atoms with van der Waals surface area (Å²) in [4.78, 5) is 13.9. The molecule has 1 amide bonds. The van der Waals surface area contributed by atoms with Gasteiger partial charge in [-0.3, -0.25) is 4.79 Å². The number of ether oxygens (including phenoxy) is 1. The van der Waals surface area contributed by atoms with Gasteiger partial charge in [0, 0.05) is 18.3 Å². The molecular weight excluding hydrogens is 228 g/mol. The van der Waals surface area contributed by atoms with E-state index in [1.165, 1.54) is 25.7 Å². The Labute approximate surface area is 107 Å². The summed E-state index contributed by atoms with van der Waals surface area (Å²) in [6.45, 7) is 0.947. The molecule has 0 bridgehead atoms. The number of benzene rings is 1. The molecule has 0 atom stereocenters. The summed E-state index contributed by atoms with van der Waals surface area (Å²) < 4.78 is 5.44. The van der Waals surface area contributed by atoms with Crippen molar-refractivity contribution < 1.29 is 9.53 Å². The topological polar surface area (TPSA) is 55.6 Å². The van der Waals surface area contributed by atoms with Gasteiger partial charge in [-0.2, -0.15) is 0 Å². The lowest BCUT2D eigenvalue weighted by atomic mass is 10.1. The van der Waals surface area contributed by atoms with E-state index in [-0.39, 0.29) is 12.5 Å². The fourth-order valence-electron chi connectivity index (χ4n) is 2.87. The van der Waals surface area contributed by atoms with Gasteiger partial charge in [0.15, 0.2) is 6.61 Å². The molecule has 0 radical (unpaired) electrons. The van der Waals surface area contributed by atoms with Gasteiger partial charge in [-0.15, -0.1) is 0 Å². The molecule has 96 valence electrons. The van der Waals surface area contributed by atoms with Crippen molar-refractivity contribution in [2.45, 2.75) is 25.7 Å². The quantitative estimate of drug-likeness (QED) is 0.814. The number of hydrogen-bond acceptors (Lipinski definition) is 3. The van der Waals surface area contributed by atoms with Gasteiger partial charge in [-0.25, -0.2) is 0 Å².